The zero-order valence-electron chi connectivity index (χ0n) is 10.7. The van der Waals surface area contributed by atoms with E-state index >= 15 is 0 Å². The second-order valence-electron chi connectivity index (χ2n) is 4.46. The largest absolute Gasteiger partial charge is 0.392 e. The van der Waals surface area contributed by atoms with Crippen LogP contribution in [0.2, 0.25) is 0 Å². The third kappa shape index (κ3) is 5.10. The van der Waals surface area contributed by atoms with Crippen LogP contribution in [0.5, 0.6) is 0 Å². The van der Waals surface area contributed by atoms with Gasteiger partial charge in [0.25, 0.3) is 0 Å². The molecule has 1 rings (SSSR count). The van der Waals surface area contributed by atoms with E-state index in [1.54, 1.807) is 0 Å². The molecule has 0 aliphatic carbocycles. The Morgan fingerprint density at radius 2 is 1.83 bits per heavy atom. The Hall–Kier alpha value is -1.68. The van der Waals surface area contributed by atoms with E-state index in [0.717, 1.165) is 5.56 Å². The highest BCUT2D eigenvalue weighted by molar-refractivity contribution is 5.79. The summed E-state index contributed by atoms with van der Waals surface area (Å²) in [7, 11) is 0. The van der Waals surface area contributed by atoms with Crippen molar-refractivity contribution >= 4 is 11.7 Å². The molecule has 0 aromatic heterocycles. The van der Waals surface area contributed by atoms with Gasteiger partial charge in [-0.2, -0.15) is 0 Å². The molecule has 0 fully saturated rings. The van der Waals surface area contributed by atoms with Crippen LogP contribution in [-0.2, 0) is 9.59 Å². The summed E-state index contributed by atoms with van der Waals surface area (Å²) in [6.45, 7) is 3.28. The molecular formula is C14H19NO3. The Labute approximate surface area is 107 Å². The number of carbonyl (C=O) groups is 2. The minimum atomic E-state index is -0.898. The Morgan fingerprint density at radius 1 is 1.22 bits per heavy atom. The number of nitrogens with one attached hydrogen (secondary N) is 1. The number of aliphatic hydroxyl groups excluding tert-OH is 1. The molecule has 1 aromatic carbocycles. The second-order valence-corrected chi connectivity index (χ2v) is 4.46. The number of ketones is 1. The first-order valence-electron chi connectivity index (χ1n) is 6.01. The molecule has 4 nitrogen and oxygen atoms in total. The van der Waals surface area contributed by atoms with Crippen LogP contribution in [0.3, 0.4) is 0 Å². The summed E-state index contributed by atoms with van der Waals surface area (Å²) in [6, 6.07) is 9.47. The highest BCUT2D eigenvalue weighted by atomic mass is 16.3. The molecule has 98 valence electrons. The van der Waals surface area contributed by atoms with E-state index in [2.05, 4.69) is 5.32 Å². The third-order valence-corrected chi connectivity index (χ3v) is 2.62. The van der Waals surface area contributed by atoms with E-state index in [0.29, 0.717) is 0 Å². The van der Waals surface area contributed by atoms with Gasteiger partial charge >= 0.3 is 0 Å². The van der Waals surface area contributed by atoms with Gasteiger partial charge in [0.2, 0.25) is 5.91 Å². The average molecular weight is 249 g/mol. The van der Waals surface area contributed by atoms with Crippen molar-refractivity contribution in [3.05, 3.63) is 35.9 Å². The SMILES string of the molecule is CC(=O)C[C@H](O)CC(=O)NC(C)c1ccccc1. The molecule has 1 amide bonds. The highest BCUT2D eigenvalue weighted by Gasteiger charge is 2.15. The van der Waals surface area contributed by atoms with Gasteiger partial charge in [0.15, 0.2) is 0 Å². The molecule has 1 unspecified atom stereocenters. The van der Waals surface area contributed by atoms with Crippen molar-refractivity contribution in [2.24, 2.45) is 0 Å². The first-order valence-corrected chi connectivity index (χ1v) is 6.01. The van der Waals surface area contributed by atoms with Crippen LogP contribution in [0.4, 0.5) is 0 Å². The van der Waals surface area contributed by atoms with E-state index in [9.17, 15) is 14.7 Å². The van der Waals surface area contributed by atoms with Crippen molar-refractivity contribution in [3.63, 3.8) is 0 Å². The molecule has 0 bridgehead atoms. The van der Waals surface area contributed by atoms with Gasteiger partial charge < -0.3 is 10.4 Å². The lowest BCUT2D eigenvalue weighted by atomic mass is 10.1. The van der Waals surface area contributed by atoms with Crippen molar-refractivity contribution in [3.8, 4) is 0 Å². The molecule has 4 heteroatoms. The molecule has 2 N–H and O–H groups in total. The fourth-order valence-corrected chi connectivity index (χ4v) is 1.74. The number of rotatable bonds is 6. The van der Waals surface area contributed by atoms with Gasteiger partial charge in [-0.15, -0.1) is 0 Å². The molecule has 18 heavy (non-hydrogen) atoms. The average Bonchev–Trinajstić information content (AvgIpc) is 2.28. The quantitative estimate of drug-likeness (QED) is 0.804. The van der Waals surface area contributed by atoms with Crippen LogP contribution >= 0.6 is 0 Å². The number of aliphatic hydroxyl groups is 1. The van der Waals surface area contributed by atoms with E-state index in [1.807, 2.05) is 37.3 Å². The predicted molar refractivity (Wildman–Crippen MR) is 68.9 cm³/mol. The monoisotopic (exact) mass is 249 g/mol. The molecule has 0 radical (unpaired) electrons. The predicted octanol–water partition coefficient (Wildman–Crippen LogP) is 1.59. The van der Waals surface area contributed by atoms with Crippen molar-refractivity contribution < 1.29 is 14.7 Å². The fourth-order valence-electron chi connectivity index (χ4n) is 1.74. The van der Waals surface area contributed by atoms with E-state index in [-0.39, 0.29) is 30.6 Å². The molecule has 1 aromatic rings. The van der Waals surface area contributed by atoms with Crippen LogP contribution in [0, 0.1) is 0 Å². The van der Waals surface area contributed by atoms with Crippen molar-refractivity contribution in [2.75, 3.05) is 0 Å². The molecule has 0 saturated carbocycles. The molecule has 0 saturated heterocycles. The Morgan fingerprint density at radius 3 is 2.39 bits per heavy atom. The molecule has 0 heterocycles. The van der Waals surface area contributed by atoms with Gasteiger partial charge in [-0.1, -0.05) is 30.3 Å². The fraction of sp³-hybridized carbons (Fsp3) is 0.429. The summed E-state index contributed by atoms with van der Waals surface area (Å²) in [5.74, 6) is -0.369. The zero-order chi connectivity index (χ0) is 13.5. The lowest BCUT2D eigenvalue weighted by Crippen LogP contribution is -2.30. The maximum atomic E-state index is 11.6. The van der Waals surface area contributed by atoms with Gasteiger partial charge in [0.1, 0.15) is 5.78 Å². The normalized spacial score (nSPS) is 13.7. The van der Waals surface area contributed by atoms with Crippen LogP contribution in [-0.4, -0.2) is 22.9 Å². The van der Waals surface area contributed by atoms with Gasteiger partial charge in [-0.05, 0) is 19.4 Å². The molecule has 0 aliphatic heterocycles. The summed E-state index contributed by atoms with van der Waals surface area (Å²) in [5.41, 5.74) is 1.01. The zero-order valence-corrected chi connectivity index (χ0v) is 10.7. The van der Waals surface area contributed by atoms with Crippen molar-refractivity contribution in [1.82, 2.24) is 5.32 Å². The number of carbonyl (C=O) groups excluding carboxylic acids is 2. The Balaban J connectivity index is 2.43. The number of Topliss-reactive ketones (excluding diaryl/α,β-unsaturated/α-hetero) is 1. The summed E-state index contributed by atoms with van der Waals surface area (Å²) in [6.07, 6.45) is -0.922. The molecule has 0 spiro atoms. The van der Waals surface area contributed by atoms with E-state index in [4.69, 9.17) is 0 Å². The summed E-state index contributed by atoms with van der Waals surface area (Å²) in [5, 5.41) is 12.3. The minimum absolute atomic E-state index is 0.0210. The van der Waals surface area contributed by atoms with Crippen LogP contribution in [0.1, 0.15) is 38.3 Å². The number of hydrogen-bond donors (Lipinski definition) is 2. The highest BCUT2D eigenvalue weighted by Crippen LogP contribution is 2.11. The lowest BCUT2D eigenvalue weighted by molar-refractivity contribution is -0.124. The van der Waals surface area contributed by atoms with Crippen LogP contribution in [0.15, 0.2) is 30.3 Å². The van der Waals surface area contributed by atoms with Gasteiger partial charge in [0, 0.05) is 6.42 Å². The summed E-state index contributed by atoms with van der Waals surface area (Å²) < 4.78 is 0. The van der Waals surface area contributed by atoms with E-state index in [1.165, 1.54) is 6.92 Å². The Bertz CT molecular complexity index is 403. The maximum Gasteiger partial charge on any atom is 0.223 e. The number of amides is 1. The Kier molecular flexibility index (Phi) is 5.52. The first-order chi connectivity index (χ1) is 8.49. The number of benzene rings is 1. The third-order valence-electron chi connectivity index (χ3n) is 2.62. The van der Waals surface area contributed by atoms with Crippen molar-refractivity contribution in [2.45, 2.75) is 38.8 Å². The minimum Gasteiger partial charge on any atom is -0.392 e. The summed E-state index contributed by atoms with van der Waals surface area (Å²) in [4.78, 5) is 22.4. The van der Waals surface area contributed by atoms with Gasteiger partial charge in [-0.3, -0.25) is 9.59 Å². The van der Waals surface area contributed by atoms with Gasteiger partial charge in [-0.25, -0.2) is 0 Å². The van der Waals surface area contributed by atoms with Gasteiger partial charge in [0.05, 0.1) is 18.6 Å². The summed E-state index contributed by atoms with van der Waals surface area (Å²) >= 11 is 0. The lowest BCUT2D eigenvalue weighted by Gasteiger charge is -2.15. The smallest absolute Gasteiger partial charge is 0.223 e. The first kappa shape index (κ1) is 14.4. The molecular weight excluding hydrogens is 230 g/mol. The number of hydrogen-bond acceptors (Lipinski definition) is 3. The second kappa shape index (κ2) is 6.91. The topological polar surface area (TPSA) is 66.4 Å². The molecule has 0 aliphatic rings. The van der Waals surface area contributed by atoms with E-state index < -0.39 is 6.10 Å². The van der Waals surface area contributed by atoms with Crippen molar-refractivity contribution in [1.29, 1.82) is 0 Å². The standard InChI is InChI=1S/C14H19NO3/c1-10(16)8-13(17)9-14(18)15-11(2)12-6-4-3-5-7-12/h3-7,11,13,17H,8-9H2,1-2H3,(H,15,18)/t11?,13-/m0/s1. The molecule has 2 atom stereocenters. The van der Waals surface area contributed by atoms with Crippen LogP contribution < -0.4 is 5.32 Å². The maximum absolute atomic E-state index is 11.6. The van der Waals surface area contributed by atoms with Crippen LogP contribution in [0.25, 0.3) is 0 Å².